The van der Waals surface area contributed by atoms with Crippen LogP contribution in [0, 0.1) is 0 Å². The van der Waals surface area contributed by atoms with Crippen LogP contribution >= 0.6 is 0 Å². The minimum absolute atomic E-state index is 0.0579. The lowest BCUT2D eigenvalue weighted by atomic mass is 10.1. The van der Waals surface area contributed by atoms with Gasteiger partial charge in [0.05, 0.1) is 19.8 Å². The van der Waals surface area contributed by atoms with Crippen molar-refractivity contribution in [3.8, 4) is 11.5 Å². The van der Waals surface area contributed by atoms with Crippen molar-refractivity contribution in [1.29, 1.82) is 0 Å². The van der Waals surface area contributed by atoms with E-state index in [0.29, 0.717) is 35.4 Å². The Bertz CT molecular complexity index is 1360. The van der Waals surface area contributed by atoms with E-state index in [-0.39, 0.29) is 22.8 Å². The topological polar surface area (TPSA) is 112 Å². The molecule has 0 unspecified atom stereocenters. The van der Waals surface area contributed by atoms with Gasteiger partial charge in [-0.15, -0.1) is 0 Å². The van der Waals surface area contributed by atoms with Crippen LogP contribution in [0.3, 0.4) is 0 Å². The van der Waals surface area contributed by atoms with E-state index in [1.165, 1.54) is 42.8 Å². The summed E-state index contributed by atoms with van der Waals surface area (Å²) in [6.07, 6.45) is 1.57. The molecule has 174 valence electrons. The van der Waals surface area contributed by atoms with Crippen LogP contribution in [0.25, 0.3) is 11.0 Å². The lowest BCUT2D eigenvalue weighted by Gasteiger charge is -2.18. The summed E-state index contributed by atoms with van der Waals surface area (Å²) >= 11 is 0. The number of sulfonamides is 1. The van der Waals surface area contributed by atoms with E-state index in [1.807, 2.05) is 0 Å². The Balaban J connectivity index is 1.60. The normalized spacial score (nSPS) is 14.4. The van der Waals surface area contributed by atoms with Gasteiger partial charge in [-0.2, -0.15) is 4.31 Å². The van der Waals surface area contributed by atoms with Crippen LogP contribution in [0.2, 0.25) is 0 Å². The third kappa shape index (κ3) is 4.57. The fraction of sp³-hybridized carbons (Fsp3) is 0.304. The van der Waals surface area contributed by atoms with Crippen LogP contribution in [-0.2, 0) is 21.4 Å². The summed E-state index contributed by atoms with van der Waals surface area (Å²) in [6, 6.07) is 10.4. The van der Waals surface area contributed by atoms with Crippen LogP contribution < -0.4 is 15.1 Å². The van der Waals surface area contributed by atoms with Crippen LogP contribution in [0.4, 0.5) is 0 Å². The van der Waals surface area contributed by atoms with Crippen molar-refractivity contribution in [3.63, 3.8) is 0 Å². The molecule has 1 saturated heterocycles. The molecule has 1 aromatic heterocycles. The maximum absolute atomic E-state index is 13.0. The maximum atomic E-state index is 13.0. The van der Waals surface area contributed by atoms with Gasteiger partial charge in [0.15, 0.2) is 0 Å². The van der Waals surface area contributed by atoms with E-state index < -0.39 is 21.6 Å². The lowest BCUT2D eigenvalue weighted by molar-refractivity contribution is 0.0473. The Kier molecular flexibility index (Phi) is 6.39. The molecule has 9 nitrogen and oxygen atoms in total. The largest absolute Gasteiger partial charge is 0.497 e. The van der Waals surface area contributed by atoms with Gasteiger partial charge in [-0.1, -0.05) is 0 Å². The highest BCUT2D eigenvalue weighted by atomic mass is 32.2. The van der Waals surface area contributed by atoms with Gasteiger partial charge < -0.3 is 18.6 Å². The smallest absolute Gasteiger partial charge is 0.338 e. The molecular weight excluding hydrogens is 450 g/mol. The van der Waals surface area contributed by atoms with E-state index in [2.05, 4.69) is 0 Å². The third-order valence-electron chi connectivity index (χ3n) is 5.48. The number of rotatable bonds is 7. The predicted molar refractivity (Wildman–Crippen MR) is 119 cm³/mol. The predicted octanol–water partition coefficient (Wildman–Crippen LogP) is 2.95. The molecule has 10 heteroatoms. The first-order valence-electron chi connectivity index (χ1n) is 10.3. The van der Waals surface area contributed by atoms with Gasteiger partial charge in [0.2, 0.25) is 10.0 Å². The van der Waals surface area contributed by atoms with Crippen LogP contribution in [-0.4, -0.2) is 46.0 Å². The van der Waals surface area contributed by atoms with Crippen molar-refractivity contribution in [3.05, 3.63) is 64.0 Å². The minimum Gasteiger partial charge on any atom is -0.497 e. The highest BCUT2D eigenvalue weighted by Gasteiger charge is 2.31. The highest BCUT2D eigenvalue weighted by Crippen LogP contribution is 2.30. The molecule has 33 heavy (non-hydrogen) atoms. The first kappa shape index (κ1) is 22.8. The average molecular weight is 474 g/mol. The average Bonchev–Trinajstić information content (AvgIpc) is 3.37. The van der Waals surface area contributed by atoms with E-state index in [0.717, 1.165) is 12.8 Å². The van der Waals surface area contributed by atoms with Crippen LogP contribution in [0.5, 0.6) is 11.5 Å². The number of carbonyl (C=O) groups is 1. The SMILES string of the molecule is COc1ccc2c(COC(=O)c3ccc(OC)c(S(=O)(=O)N4CCCC4)c3)cc(=O)oc2c1. The molecule has 0 N–H and O–H groups in total. The van der Waals surface area contributed by atoms with Crippen molar-refractivity contribution >= 4 is 27.0 Å². The molecule has 3 aromatic rings. The molecular formula is C23H23NO8S. The standard InChI is InChI=1S/C23H23NO8S/c1-29-17-6-7-18-16(12-22(25)32-20(18)13-17)14-31-23(26)15-5-8-19(30-2)21(11-15)33(27,28)24-9-3-4-10-24/h5-8,11-13H,3-4,9-10,14H2,1-2H3. The molecule has 0 aliphatic carbocycles. The molecule has 1 fully saturated rings. The summed E-state index contributed by atoms with van der Waals surface area (Å²) in [6.45, 7) is 0.650. The zero-order chi connectivity index (χ0) is 23.6. The Morgan fingerprint density at radius 2 is 1.79 bits per heavy atom. The van der Waals surface area contributed by atoms with Crippen molar-refractivity contribution in [2.75, 3.05) is 27.3 Å². The molecule has 0 atom stereocenters. The van der Waals surface area contributed by atoms with E-state index in [4.69, 9.17) is 18.6 Å². The number of nitrogens with zero attached hydrogens (tertiary/aromatic N) is 1. The van der Waals surface area contributed by atoms with E-state index in [9.17, 15) is 18.0 Å². The zero-order valence-corrected chi connectivity index (χ0v) is 19.0. The lowest BCUT2D eigenvalue weighted by Crippen LogP contribution is -2.28. The molecule has 0 radical (unpaired) electrons. The van der Waals surface area contributed by atoms with Gasteiger partial charge in [0.25, 0.3) is 0 Å². The quantitative estimate of drug-likeness (QED) is 0.380. The molecule has 4 rings (SSSR count). The van der Waals surface area contributed by atoms with Gasteiger partial charge in [-0.25, -0.2) is 18.0 Å². The number of esters is 1. The van der Waals surface area contributed by atoms with Crippen LogP contribution in [0.1, 0.15) is 28.8 Å². The first-order valence-corrected chi connectivity index (χ1v) is 11.7. The molecule has 0 spiro atoms. The molecule has 0 bridgehead atoms. The Morgan fingerprint density at radius 3 is 2.48 bits per heavy atom. The van der Waals surface area contributed by atoms with Gasteiger partial charge in [-0.05, 0) is 43.2 Å². The fourth-order valence-corrected chi connectivity index (χ4v) is 5.45. The Labute approximate surface area is 190 Å². The summed E-state index contributed by atoms with van der Waals surface area (Å²) in [5.41, 5.74) is 0.222. The van der Waals surface area contributed by atoms with Gasteiger partial charge >= 0.3 is 11.6 Å². The van der Waals surface area contributed by atoms with Crippen molar-refractivity contribution in [1.82, 2.24) is 4.31 Å². The second-order valence-corrected chi connectivity index (χ2v) is 9.41. The molecule has 2 aromatic carbocycles. The zero-order valence-electron chi connectivity index (χ0n) is 18.2. The van der Waals surface area contributed by atoms with Gasteiger partial charge in [-0.3, -0.25) is 0 Å². The Hall–Kier alpha value is -3.37. The molecule has 1 aliphatic rings. The number of methoxy groups -OCH3 is 2. The number of ether oxygens (including phenoxy) is 3. The van der Waals surface area contributed by atoms with E-state index in [1.54, 1.807) is 18.2 Å². The minimum atomic E-state index is -3.81. The number of carbonyl (C=O) groups excluding carboxylic acids is 1. The summed E-state index contributed by atoms with van der Waals surface area (Å²) in [5.74, 6) is -0.0609. The summed E-state index contributed by atoms with van der Waals surface area (Å²) < 4.78 is 48.4. The fourth-order valence-electron chi connectivity index (χ4n) is 3.76. The first-order chi connectivity index (χ1) is 15.8. The third-order valence-corrected chi connectivity index (χ3v) is 7.40. The van der Waals surface area contributed by atoms with Crippen molar-refractivity contribution in [2.24, 2.45) is 0 Å². The number of fused-ring (bicyclic) bond motifs is 1. The summed E-state index contributed by atoms with van der Waals surface area (Å²) in [4.78, 5) is 24.6. The second kappa shape index (κ2) is 9.24. The second-order valence-electron chi connectivity index (χ2n) is 7.51. The number of hydrogen-bond donors (Lipinski definition) is 0. The maximum Gasteiger partial charge on any atom is 0.338 e. The monoisotopic (exact) mass is 473 g/mol. The number of benzene rings is 2. The van der Waals surface area contributed by atoms with Crippen LogP contribution in [0.15, 0.2) is 56.6 Å². The van der Waals surface area contributed by atoms with Crippen molar-refractivity contribution < 1.29 is 31.8 Å². The summed E-state index contributed by atoms with van der Waals surface area (Å²) in [7, 11) is -0.940. The number of hydrogen-bond acceptors (Lipinski definition) is 8. The van der Waals surface area contributed by atoms with Crippen molar-refractivity contribution in [2.45, 2.75) is 24.3 Å². The molecule has 0 amide bonds. The van der Waals surface area contributed by atoms with Gasteiger partial charge in [0.1, 0.15) is 28.6 Å². The highest BCUT2D eigenvalue weighted by molar-refractivity contribution is 7.89. The Morgan fingerprint density at radius 1 is 1.03 bits per heavy atom. The molecule has 2 heterocycles. The summed E-state index contributed by atoms with van der Waals surface area (Å²) in [5, 5.41) is 0.593. The molecule has 0 saturated carbocycles. The van der Waals surface area contributed by atoms with Gasteiger partial charge in [0, 0.05) is 36.2 Å². The molecule has 1 aliphatic heterocycles. The van der Waals surface area contributed by atoms with E-state index >= 15 is 0 Å².